The van der Waals surface area contributed by atoms with E-state index in [9.17, 15) is 14.4 Å². The molecule has 0 fully saturated rings. The van der Waals surface area contributed by atoms with Gasteiger partial charge in [0.25, 0.3) is 5.91 Å². The average molecular weight is 583 g/mol. The highest BCUT2D eigenvalue weighted by Gasteiger charge is 2.27. The van der Waals surface area contributed by atoms with Gasteiger partial charge < -0.3 is 19.9 Å². The van der Waals surface area contributed by atoms with Crippen molar-refractivity contribution in [2.24, 2.45) is 7.05 Å². The number of carbonyl (C=O) groups is 3. The second-order valence-corrected chi connectivity index (χ2v) is 11.1. The van der Waals surface area contributed by atoms with E-state index in [2.05, 4.69) is 20.8 Å². The number of benzene rings is 1. The zero-order chi connectivity index (χ0) is 26.5. The van der Waals surface area contributed by atoms with E-state index in [1.165, 1.54) is 29.2 Å². The number of nitrogens with zero attached hydrogens (tertiary/aromatic N) is 3. The van der Waals surface area contributed by atoms with Crippen molar-refractivity contribution in [1.29, 1.82) is 0 Å². The van der Waals surface area contributed by atoms with E-state index in [4.69, 9.17) is 27.9 Å². The number of aryl methyl sites for hydroxylation is 1. The van der Waals surface area contributed by atoms with Crippen LogP contribution in [-0.4, -0.2) is 44.9 Å². The van der Waals surface area contributed by atoms with Crippen LogP contribution in [0.2, 0.25) is 10.0 Å². The molecule has 0 aliphatic heterocycles. The Labute approximate surface area is 232 Å². The molecule has 196 valence electrons. The highest BCUT2D eigenvalue weighted by atomic mass is 35.5. The van der Waals surface area contributed by atoms with Gasteiger partial charge in [0.15, 0.2) is 11.0 Å². The van der Waals surface area contributed by atoms with Crippen molar-refractivity contribution in [3.8, 4) is 0 Å². The number of anilines is 1. The monoisotopic (exact) mass is 581 g/mol. The van der Waals surface area contributed by atoms with Gasteiger partial charge in [0, 0.05) is 16.9 Å². The van der Waals surface area contributed by atoms with Gasteiger partial charge >= 0.3 is 5.97 Å². The van der Waals surface area contributed by atoms with Gasteiger partial charge in [-0.3, -0.25) is 9.59 Å². The molecule has 1 aromatic carbocycles. The predicted molar refractivity (Wildman–Crippen MR) is 145 cm³/mol. The SMILES string of the molecule is CCOC(=O)c1c(NC(=O)CSc2nnc(CNC(=O)c3ccc(Cl)cc3Cl)n2C)sc2c1CCCC2. The molecule has 0 saturated heterocycles. The van der Waals surface area contributed by atoms with Gasteiger partial charge in [-0.15, -0.1) is 21.5 Å². The average Bonchev–Trinajstić information content (AvgIpc) is 3.40. The molecular formula is C24H25Cl2N5O4S2. The highest BCUT2D eigenvalue weighted by Crippen LogP contribution is 2.38. The summed E-state index contributed by atoms with van der Waals surface area (Å²) in [5.74, 6) is -0.441. The van der Waals surface area contributed by atoms with Crippen molar-refractivity contribution in [2.45, 2.75) is 44.3 Å². The molecule has 9 nitrogen and oxygen atoms in total. The number of rotatable bonds is 9. The normalized spacial score (nSPS) is 12.6. The number of fused-ring (bicyclic) bond motifs is 1. The van der Waals surface area contributed by atoms with Crippen LogP contribution in [-0.2, 0) is 36.0 Å². The van der Waals surface area contributed by atoms with Crippen molar-refractivity contribution in [3.05, 3.63) is 55.6 Å². The molecular weight excluding hydrogens is 557 g/mol. The lowest BCUT2D eigenvalue weighted by Gasteiger charge is -2.12. The van der Waals surface area contributed by atoms with Gasteiger partial charge in [-0.2, -0.15) is 0 Å². The number of esters is 1. The predicted octanol–water partition coefficient (Wildman–Crippen LogP) is 4.90. The van der Waals surface area contributed by atoms with E-state index in [0.29, 0.717) is 32.1 Å². The Morgan fingerprint density at radius 2 is 1.97 bits per heavy atom. The molecule has 0 atom stereocenters. The lowest BCUT2D eigenvalue weighted by Crippen LogP contribution is -2.24. The Morgan fingerprint density at radius 3 is 2.73 bits per heavy atom. The fourth-order valence-electron chi connectivity index (χ4n) is 3.92. The Hall–Kier alpha value is -2.60. The van der Waals surface area contributed by atoms with Crippen molar-refractivity contribution < 1.29 is 19.1 Å². The van der Waals surface area contributed by atoms with E-state index in [0.717, 1.165) is 36.1 Å². The van der Waals surface area contributed by atoms with Crippen LogP contribution in [0.3, 0.4) is 0 Å². The Kier molecular flexibility index (Phi) is 9.12. The molecule has 1 aliphatic carbocycles. The summed E-state index contributed by atoms with van der Waals surface area (Å²) in [5.41, 5.74) is 1.78. The van der Waals surface area contributed by atoms with Crippen molar-refractivity contribution >= 4 is 69.1 Å². The molecule has 1 aliphatic rings. The molecule has 0 unspecified atom stereocenters. The van der Waals surface area contributed by atoms with Crippen LogP contribution in [0.25, 0.3) is 0 Å². The standard InChI is InChI=1S/C24H25Cl2N5O4S2/c1-3-35-23(34)20-15-6-4-5-7-17(15)37-22(20)28-19(32)12-36-24-30-29-18(31(24)2)11-27-21(33)14-9-8-13(25)10-16(14)26/h8-10H,3-7,11-12H2,1-2H3,(H,27,33)(H,28,32). The van der Waals surface area contributed by atoms with Crippen molar-refractivity contribution in [2.75, 3.05) is 17.7 Å². The summed E-state index contributed by atoms with van der Waals surface area (Å²) in [6, 6.07) is 4.64. The van der Waals surface area contributed by atoms with Crippen LogP contribution in [0.4, 0.5) is 5.00 Å². The lowest BCUT2D eigenvalue weighted by molar-refractivity contribution is -0.113. The Morgan fingerprint density at radius 1 is 1.19 bits per heavy atom. The molecule has 2 heterocycles. The van der Waals surface area contributed by atoms with Crippen LogP contribution in [0.1, 0.15) is 56.7 Å². The summed E-state index contributed by atoms with van der Waals surface area (Å²) in [6.45, 7) is 2.16. The molecule has 2 amide bonds. The second-order valence-electron chi connectivity index (χ2n) is 8.24. The van der Waals surface area contributed by atoms with Crippen molar-refractivity contribution in [3.63, 3.8) is 0 Å². The summed E-state index contributed by atoms with van der Waals surface area (Å²) in [5, 5.41) is 15.6. The van der Waals surface area contributed by atoms with Crippen LogP contribution >= 0.6 is 46.3 Å². The maximum atomic E-state index is 12.8. The third kappa shape index (κ3) is 6.46. The van der Waals surface area contributed by atoms with Crippen LogP contribution in [0.15, 0.2) is 23.4 Å². The lowest BCUT2D eigenvalue weighted by atomic mass is 9.95. The number of halogens is 2. The minimum atomic E-state index is -0.398. The first-order valence-corrected chi connectivity index (χ1v) is 14.2. The number of hydrogen-bond acceptors (Lipinski definition) is 8. The number of carbonyl (C=O) groups excluding carboxylic acids is 3. The quantitative estimate of drug-likeness (QED) is 0.273. The summed E-state index contributed by atoms with van der Waals surface area (Å²) in [4.78, 5) is 39.0. The number of nitrogens with one attached hydrogen (secondary N) is 2. The Balaban J connectivity index is 1.36. The third-order valence-electron chi connectivity index (χ3n) is 5.74. The summed E-state index contributed by atoms with van der Waals surface area (Å²) in [6.07, 6.45) is 3.80. The zero-order valence-corrected chi connectivity index (χ0v) is 23.4. The van der Waals surface area contributed by atoms with Gasteiger partial charge in [0.05, 0.1) is 35.1 Å². The maximum Gasteiger partial charge on any atom is 0.341 e. The first-order chi connectivity index (χ1) is 17.8. The molecule has 0 radical (unpaired) electrons. The molecule has 37 heavy (non-hydrogen) atoms. The van der Waals surface area contributed by atoms with E-state index < -0.39 is 5.97 Å². The molecule has 2 N–H and O–H groups in total. The van der Waals surface area contributed by atoms with Gasteiger partial charge in [0.1, 0.15) is 5.00 Å². The van der Waals surface area contributed by atoms with Crippen LogP contribution in [0, 0.1) is 0 Å². The number of ether oxygens (including phenoxy) is 1. The number of thiophene rings is 1. The second kappa shape index (κ2) is 12.3. The van der Waals surface area contributed by atoms with Crippen LogP contribution in [0.5, 0.6) is 0 Å². The van der Waals surface area contributed by atoms with Gasteiger partial charge in [-0.05, 0) is 56.4 Å². The van der Waals surface area contributed by atoms with Gasteiger partial charge in [-0.1, -0.05) is 35.0 Å². The minimum absolute atomic E-state index is 0.0730. The third-order valence-corrected chi connectivity index (χ3v) is 8.52. The van der Waals surface area contributed by atoms with E-state index in [-0.39, 0.29) is 35.7 Å². The fraction of sp³-hybridized carbons (Fsp3) is 0.375. The topological polar surface area (TPSA) is 115 Å². The molecule has 4 rings (SSSR count). The molecule has 0 bridgehead atoms. The molecule has 3 aromatic rings. The smallest absolute Gasteiger partial charge is 0.341 e. The van der Waals surface area contributed by atoms with E-state index >= 15 is 0 Å². The largest absolute Gasteiger partial charge is 0.462 e. The minimum Gasteiger partial charge on any atom is -0.462 e. The first kappa shape index (κ1) is 27.4. The van der Waals surface area contributed by atoms with Crippen molar-refractivity contribution in [1.82, 2.24) is 20.1 Å². The van der Waals surface area contributed by atoms with E-state index in [1.54, 1.807) is 30.7 Å². The highest BCUT2D eigenvalue weighted by molar-refractivity contribution is 7.99. The summed E-state index contributed by atoms with van der Waals surface area (Å²) >= 11 is 14.6. The number of aromatic nitrogens is 3. The summed E-state index contributed by atoms with van der Waals surface area (Å²) in [7, 11) is 1.75. The fourth-order valence-corrected chi connectivity index (χ4v) is 6.44. The van der Waals surface area contributed by atoms with Crippen LogP contribution < -0.4 is 10.6 Å². The molecule has 0 spiro atoms. The molecule has 13 heteroatoms. The number of amides is 2. The number of thioether (sulfide) groups is 1. The Bertz CT molecular complexity index is 1340. The molecule has 0 saturated carbocycles. The zero-order valence-electron chi connectivity index (χ0n) is 20.2. The first-order valence-electron chi connectivity index (χ1n) is 11.6. The summed E-state index contributed by atoms with van der Waals surface area (Å²) < 4.78 is 6.95. The number of hydrogen-bond donors (Lipinski definition) is 2. The van der Waals surface area contributed by atoms with Gasteiger partial charge in [0.2, 0.25) is 5.91 Å². The maximum absolute atomic E-state index is 12.8. The van der Waals surface area contributed by atoms with E-state index in [1.807, 2.05) is 0 Å². The molecule has 2 aromatic heterocycles. The van der Waals surface area contributed by atoms with Gasteiger partial charge in [-0.25, -0.2) is 4.79 Å².